The fraction of sp³-hybridized carbons (Fsp3) is 0.316. The minimum absolute atomic E-state index is 0.182. The molecular weight excluding hydrogens is 290 g/mol. The first-order chi connectivity index (χ1) is 11.2. The van der Waals surface area contributed by atoms with E-state index in [9.17, 15) is 4.79 Å². The molecule has 23 heavy (non-hydrogen) atoms. The molecule has 2 aromatic rings. The van der Waals surface area contributed by atoms with Crippen LogP contribution in [-0.2, 0) is 0 Å². The van der Waals surface area contributed by atoms with Crippen molar-refractivity contribution in [2.45, 2.75) is 26.7 Å². The Morgan fingerprint density at radius 2 is 1.87 bits per heavy atom. The number of rotatable bonds is 8. The normalized spacial score (nSPS) is 10.2. The number of benzene rings is 2. The summed E-state index contributed by atoms with van der Waals surface area (Å²) in [6.07, 6.45) is 2.05. The van der Waals surface area contributed by atoms with Crippen LogP contribution in [0.15, 0.2) is 48.5 Å². The molecule has 0 spiro atoms. The van der Waals surface area contributed by atoms with Crippen LogP contribution >= 0.6 is 0 Å². The van der Waals surface area contributed by atoms with Gasteiger partial charge in [0.1, 0.15) is 11.5 Å². The Morgan fingerprint density at radius 3 is 2.65 bits per heavy atom. The van der Waals surface area contributed by atoms with E-state index in [0.717, 1.165) is 12.8 Å². The van der Waals surface area contributed by atoms with Gasteiger partial charge < -0.3 is 14.8 Å². The Bertz CT molecular complexity index is 640. The van der Waals surface area contributed by atoms with Crippen molar-refractivity contribution in [3.63, 3.8) is 0 Å². The number of amides is 1. The Morgan fingerprint density at radius 1 is 1.04 bits per heavy atom. The standard InChI is InChI=1S/C19H23NO3/c1-3-5-13-23-18-12-7-6-11-17(18)20-19(21)15-9-8-10-16(14-15)22-4-2/h6-12,14H,3-5,13H2,1-2H3,(H,20,21). The zero-order chi connectivity index (χ0) is 16.5. The summed E-state index contributed by atoms with van der Waals surface area (Å²) in [5.41, 5.74) is 1.23. The molecule has 1 amide bonds. The lowest BCUT2D eigenvalue weighted by Crippen LogP contribution is -2.13. The third kappa shape index (κ3) is 5.02. The van der Waals surface area contributed by atoms with E-state index in [1.54, 1.807) is 12.1 Å². The lowest BCUT2D eigenvalue weighted by atomic mass is 10.2. The van der Waals surface area contributed by atoms with Gasteiger partial charge in [0, 0.05) is 5.56 Å². The molecule has 122 valence electrons. The van der Waals surface area contributed by atoms with Crippen LogP contribution in [0.3, 0.4) is 0 Å². The van der Waals surface area contributed by atoms with Gasteiger partial charge >= 0.3 is 0 Å². The quantitative estimate of drug-likeness (QED) is 0.729. The maximum atomic E-state index is 12.4. The number of unbranched alkanes of at least 4 members (excludes halogenated alkanes) is 1. The van der Waals surface area contributed by atoms with Crippen molar-refractivity contribution < 1.29 is 14.3 Å². The molecule has 2 rings (SSSR count). The van der Waals surface area contributed by atoms with E-state index < -0.39 is 0 Å². The predicted molar refractivity (Wildman–Crippen MR) is 92.4 cm³/mol. The zero-order valence-corrected chi connectivity index (χ0v) is 13.7. The summed E-state index contributed by atoms with van der Waals surface area (Å²) < 4.78 is 11.2. The predicted octanol–water partition coefficient (Wildman–Crippen LogP) is 4.52. The number of hydrogen-bond donors (Lipinski definition) is 1. The van der Waals surface area contributed by atoms with E-state index in [0.29, 0.717) is 36.0 Å². The first-order valence-corrected chi connectivity index (χ1v) is 8.00. The highest BCUT2D eigenvalue weighted by molar-refractivity contribution is 6.05. The smallest absolute Gasteiger partial charge is 0.255 e. The molecule has 0 aliphatic rings. The summed E-state index contributed by atoms with van der Waals surface area (Å²) >= 11 is 0. The molecule has 0 heterocycles. The maximum Gasteiger partial charge on any atom is 0.255 e. The van der Waals surface area contributed by atoms with Gasteiger partial charge in [-0.2, -0.15) is 0 Å². The highest BCUT2D eigenvalue weighted by Crippen LogP contribution is 2.25. The van der Waals surface area contributed by atoms with Crippen molar-refractivity contribution in [1.29, 1.82) is 0 Å². The minimum Gasteiger partial charge on any atom is -0.494 e. The highest BCUT2D eigenvalue weighted by Gasteiger charge is 2.10. The third-order valence-electron chi connectivity index (χ3n) is 3.30. The van der Waals surface area contributed by atoms with E-state index >= 15 is 0 Å². The van der Waals surface area contributed by atoms with Gasteiger partial charge in [-0.05, 0) is 43.7 Å². The van der Waals surface area contributed by atoms with Crippen LogP contribution in [0.1, 0.15) is 37.0 Å². The summed E-state index contributed by atoms with van der Waals surface area (Å²) in [4.78, 5) is 12.4. The molecule has 0 aliphatic carbocycles. The Labute approximate surface area is 137 Å². The number of carbonyl (C=O) groups is 1. The number of nitrogens with one attached hydrogen (secondary N) is 1. The lowest BCUT2D eigenvalue weighted by Gasteiger charge is -2.12. The Kier molecular flexibility index (Phi) is 6.48. The lowest BCUT2D eigenvalue weighted by molar-refractivity contribution is 0.102. The molecule has 1 N–H and O–H groups in total. The van der Waals surface area contributed by atoms with E-state index in [1.165, 1.54) is 0 Å². The molecule has 0 bridgehead atoms. The fourth-order valence-electron chi connectivity index (χ4n) is 2.11. The number of anilines is 1. The number of ether oxygens (including phenoxy) is 2. The molecule has 0 aliphatic heterocycles. The third-order valence-corrected chi connectivity index (χ3v) is 3.30. The average molecular weight is 313 g/mol. The maximum absolute atomic E-state index is 12.4. The second kappa shape index (κ2) is 8.83. The second-order valence-electron chi connectivity index (χ2n) is 5.11. The molecule has 4 nitrogen and oxygen atoms in total. The van der Waals surface area contributed by atoms with Crippen molar-refractivity contribution >= 4 is 11.6 Å². The molecule has 0 unspecified atom stereocenters. The molecular formula is C19H23NO3. The zero-order valence-electron chi connectivity index (χ0n) is 13.7. The van der Waals surface area contributed by atoms with Crippen molar-refractivity contribution in [2.24, 2.45) is 0 Å². The summed E-state index contributed by atoms with van der Waals surface area (Å²) in [5, 5.41) is 2.90. The van der Waals surface area contributed by atoms with Crippen LogP contribution in [0.4, 0.5) is 5.69 Å². The van der Waals surface area contributed by atoms with Crippen molar-refractivity contribution in [1.82, 2.24) is 0 Å². The van der Waals surface area contributed by atoms with Gasteiger partial charge in [0.15, 0.2) is 0 Å². The average Bonchev–Trinajstić information content (AvgIpc) is 2.57. The van der Waals surface area contributed by atoms with Gasteiger partial charge in [-0.15, -0.1) is 0 Å². The first-order valence-electron chi connectivity index (χ1n) is 8.00. The number of hydrogen-bond acceptors (Lipinski definition) is 3. The largest absolute Gasteiger partial charge is 0.494 e. The van der Waals surface area contributed by atoms with E-state index in [-0.39, 0.29) is 5.91 Å². The number of para-hydroxylation sites is 2. The molecule has 0 saturated heterocycles. The summed E-state index contributed by atoms with van der Waals surface area (Å²) in [6, 6.07) is 14.6. The summed E-state index contributed by atoms with van der Waals surface area (Å²) in [7, 11) is 0. The summed E-state index contributed by atoms with van der Waals surface area (Å²) in [5.74, 6) is 1.20. The van der Waals surface area contributed by atoms with Crippen molar-refractivity contribution in [3.8, 4) is 11.5 Å². The van der Waals surface area contributed by atoms with E-state index in [2.05, 4.69) is 12.2 Å². The van der Waals surface area contributed by atoms with Gasteiger partial charge in [0.25, 0.3) is 5.91 Å². The highest BCUT2D eigenvalue weighted by atomic mass is 16.5. The van der Waals surface area contributed by atoms with Gasteiger partial charge in [0.05, 0.1) is 18.9 Å². The molecule has 0 atom stereocenters. The molecule has 0 aromatic heterocycles. The topological polar surface area (TPSA) is 47.6 Å². The van der Waals surface area contributed by atoms with Crippen LogP contribution in [-0.4, -0.2) is 19.1 Å². The SMILES string of the molecule is CCCCOc1ccccc1NC(=O)c1cccc(OCC)c1. The molecule has 0 radical (unpaired) electrons. The van der Waals surface area contributed by atoms with Crippen LogP contribution < -0.4 is 14.8 Å². The van der Waals surface area contributed by atoms with Crippen LogP contribution in [0.25, 0.3) is 0 Å². The molecule has 2 aromatic carbocycles. The Balaban J connectivity index is 2.09. The second-order valence-corrected chi connectivity index (χ2v) is 5.11. The van der Waals surface area contributed by atoms with Crippen molar-refractivity contribution in [2.75, 3.05) is 18.5 Å². The van der Waals surface area contributed by atoms with Gasteiger partial charge in [-0.1, -0.05) is 31.5 Å². The van der Waals surface area contributed by atoms with Crippen LogP contribution in [0.2, 0.25) is 0 Å². The monoisotopic (exact) mass is 313 g/mol. The minimum atomic E-state index is -0.182. The van der Waals surface area contributed by atoms with E-state index in [4.69, 9.17) is 9.47 Å². The van der Waals surface area contributed by atoms with Crippen LogP contribution in [0.5, 0.6) is 11.5 Å². The van der Waals surface area contributed by atoms with Gasteiger partial charge in [0.2, 0.25) is 0 Å². The fourth-order valence-corrected chi connectivity index (χ4v) is 2.11. The van der Waals surface area contributed by atoms with Crippen LogP contribution in [0, 0.1) is 0 Å². The number of carbonyl (C=O) groups excluding carboxylic acids is 1. The van der Waals surface area contributed by atoms with Gasteiger partial charge in [-0.3, -0.25) is 4.79 Å². The van der Waals surface area contributed by atoms with E-state index in [1.807, 2.05) is 43.3 Å². The van der Waals surface area contributed by atoms with Crippen molar-refractivity contribution in [3.05, 3.63) is 54.1 Å². The van der Waals surface area contributed by atoms with Gasteiger partial charge in [-0.25, -0.2) is 0 Å². The molecule has 4 heteroatoms. The summed E-state index contributed by atoms with van der Waals surface area (Å²) in [6.45, 7) is 5.24. The molecule has 0 fully saturated rings. The molecule has 0 saturated carbocycles. The Hall–Kier alpha value is -2.49. The first kappa shape index (κ1) is 16.9.